The minimum atomic E-state index is -1.12. The molecular weight excluding hydrogens is 316 g/mol. The van der Waals surface area contributed by atoms with Crippen molar-refractivity contribution in [1.29, 1.82) is 0 Å². The number of nitro groups is 1. The Kier molecular flexibility index (Phi) is 5.25. The van der Waals surface area contributed by atoms with Crippen molar-refractivity contribution in [2.75, 3.05) is 0 Å². The normalized spacial score (nSPS) is 11.7. The van der Waals surface area contributed by atoms with Gasteiger partial charge in [0.05, 0.1) is 4.92 Å². The van der Waals surface area contributed by atoms with Gasteiger partial charge in [-0.1, -0.05) is 25.5 Å². The fourth-order valence-electron chi connectivity index (χ4n) is 2.17. The van der Waals surface area contributed by atoms with Crippen LogP contribution in [0.15, 0.2) is 36.5 Å². The molecule has 0 aliphatic rings. The highest BCUT2D eigenvalue weighted by atomic mass is 16.6. The molecule has 0 bridgehead atoms. The van der Waals surface area contributed by atoms with Gasteiger partial charge in [-0.15, -0.1) is 0 Å². The zero-order valence-corrected chi connectivity index (χ0v) is 12.9. The fraction of sp³-hybridized carbons (Fsp3) is 0.267. The molecule has 1 aromatic carbocycles. The number of benzene rings is 1. The summed E-state index contributed by atoms with van der Waals surface area (Å²) in [6, 6.07) is 6.35. The molecule has 1 atom stereocenters. The van der Waals surface area contributed by atoms with Crippen LogP contribution in [-0.2, 0) is 4.79 Å². The van der Waals surface area contributed by atoms with Gasteiger partial charge in [-0.2, -0.15) is 5.10 Å². The molecule has 0 aliphatic heterocycles. The van der Waals surface area contributed by atoms with E-state index >= 15 is 0 Å². The van der Waals surface area contributed by atoms with Gasteiger partial charge in [0.25, 0.3) is 11.6 Å². The van der Waals surface area contributed by atoms with Crippen LogP contribution in [0, 0.1) is 10.1 Å². The lowest BCUT2D eigenvalue weighted by molar-refractivity contribution is -0.384. The van der Waals surface area contributed by atoms with Crippen molar-refractivity contribution in [3.05, 3.63) is 52.3 Å². The maximum absolute atomic E-state index is 12.1. The van der Waals surface area contributed by atoms with Crippen molar-refractivity contribution in [3.8, 4) is 5.69 Å². The van der Waals surface area contributed by atoms with Crippen LogP contribution < -0.4 is 5.32 Å². The minimum Gasteiger partial charge on any atom is -0.480 e. The van der Waals surface area contributed by atoms with Crippen molar-refractivity contribution in [2.45, 2.75) is 25.8 Å². The SMILES string of the molecule is CCCC(NC(=O)c1ccn(-c2ccccc2[N+](=O)[O-])n1)C(=O)O. The Balaban J connectivity index is 2.23. The van der Waals surface area contributed by atoms with E-state index in [9.17, 15) is 19.7 Å². The van der Waals surface area contributed by atoms with E-state index < -0.39 is 22.8 Å². The summed E-state index contributed by atoms with van der Waals surface area (Å²) in [6.45, 7) is 1.81. The molecule has 2 aromatic rings. The van der Waals surface area contributed by atoms with E-state index in [4.69, 9.17) is 5.11 Å². The Morgan fingerprint density at radius 2 is 2.08 bits per heavy atom. The van der Waals surface area contributed by atoms with E-state index in [1.807, 2.05) is 6.92 Å². The first kappa shape index (κ1) is 17.1. The second-order valence-corrected chi connectivity index (χ2v) is 5.04. The molecule has 9 heteroatoms. The van der Waals surface area contributed by atoms with Crippen LogP contribution in [0.2, 0.25) is 0 Å². The molecule has 0 saturated heterocycles. The molecule has 2 rings (SSSR count). The van der Waals surface area contributed by atoms with Crippen molar-refractivity contribution < 1.29 is 19.6 Å². The Hall–Kier alpha value is -3.23. The summed E-state index contributed by atoms with van der Waals surface area (Å²) >= 11 is 0. The van der Waals surface area contributed by atoms with Gasteiger partial charge in [0, 0.05) is 12.3 Å². The molecule has 1 heterocycles. The molecule has 24 heavy (non-hydrogen) atoms. The zero-order chi connectivity index (χ0) is 17.7. The van der Waals surface area contributed by atoms with Crippen LogP contribution in [0.1, 0.15) is 30.3 Å². The Morgan fingerprint density at radius 3 is 2.71 bits per heavy atom. The second-order valence-electron chi connectivity index (χ2n) is 5.04. The lowest BCUT2D eigenvalue weighted by atomic mass is 10.1. The zero-order valence-electron chi connectivity index (χ0n) is 12.9. The first-order valence-electron chi connectivity index (χ1n) is 7.27. The lowest BCUT2D eigenvalue weighted by Crippen LogP contribution is -2.40. The number of amides is 1. The minimum absolute atomic E-state index is 0.0181. The van der Waals surface area contributed by atoms with Crippen LogP contribution >= 0.6 is 0 Å². The molecule has 0 spiro atoms. The maximum Gasteiger partial charge on any atom is 0.326 e. The molecule has 0 saturated carbocycles. The van der Waals surface area contributed by atoms with Crippen LogP contribution in [0.4, 0.5) is 5.69 Å². The van der Waals surface area contributed by atoms with Crippen LogP contribution in [-0.4, -0.2) is 37.7 Å². The Morgan fingerprint density at radius 1 is 1.38 bits per heavy atom. The number of para-hydroxylation sites is 2. The average Bonchev–Trinajstić information content (AvgIpc) is 3.04. The molecule has 1 unspecified atom stereocenters. The van der Waals surface area contributed by atoms with Crippen molar-refractivity contribution >= 4 is 17.6 Å². The smallest absolute Gasteiger partial charge is 0.326 e. The quantitative estimate of drug-likeness (QED) is 0.587. The summed E-state index contributed by atoms with van der Waals surface area (Å²) in [5.74, 6) is -1.77. The molecule has 9 nitrogen and oxygen atoms in total. The van der Waals surface area contributed by atoms with Crippen LogP contribution in [0.5, 0.6) is 0 Å². The van der Waals surface area contributed by atoms with Gasteiger partial charge in [0.1, 0.15) is 11.7 Å². The first-order chi connectivity index (χ1) is 11.4. The van der Waals surface area contributed by atoms with Crippen LogP contribution in [0.25, 0.3) is 5.69 Å². The van der Waals surface area contributed by atoms with E-state index in [-0.39, 0.29) is 17.1 Å². The topological polar surface area (TPSA) is 127 Å². The average molecular weight is 332 g/mol. The van der Waals surface area contributed by atoms with Crippen molar-refractivity contribution in [3.63, 3.8) is 0 Å². The predicted molar refractivity (Wildman–Crippen MR) is 84.0 cm³/mol. The monoisotopic (exact) mass is 332 g/mol. The third-order valence-corrected chi connectivity index (χ3v) is 3.33. The Bertz CT molecular complexity index is 771. The second kappa shape index (κ2) is 7.36. The summed E-state index contributed by atoms with van der Waals surface area (Å²) in [5, 5.41) is 26.5. The number of nitrogens with zero attached hydrogens (tertiary/aromatic N) is 3. The molecular formula is C15H16N4O5. The third kappa shape index (κ3) is 3.75. The lowest BCUT2D eigenvalue weighted by Gasteiger charge is -2.12. The number of nitro benzene ring substituents is 1. The number of hydrogen-bond acceptors (Lipinski definition) is 5. The van der Waals surface area contributed by atoms with Gasteiger partial charge < -0.3 is 10.4 Å². The van der Waals surface area contributed by atoms with Gasteiger partial charge in [0.2, 0.25) is 0 Å². The summed E-state index contributed by atoms with van der Waals surface area (Å²) in [6.07, 6.45) is 2.31. The van der Waals surface area contributed by atoms with Gasteiger partial charge in [0.15, 0.2) is 5.69 Å². The molecule has 1 aromatic heterocycles. The number of rotatable bonds is 7. The molecule has 0 radical (unpaired) electrons. The first-order valence-corrected chi connectivity index (χ1v) is 7.27. The van der Waals surface area contributed by atoms with E-state index in [2.05, 4.69) is 10.4 Å². The number of hydrogen-bond donors (Lipinski definition) is 2. The number of aromatic nitrogens is 2. The van der Waals surface area contributed by atoms with Gasteiger partial charge in [-0.3, -0.25) is 14.9 Å². The van der Waals surface area contributed by atoms with Gasteiger partial charge in [-0.25, -0.2) is 9.48 Å². The molecule has 2 N–H and O–H groups in total. The van der Waals surface area contributed by atoms with Gasteiger partial charge in [-0.05, 0) is 18.6 Å². The summed E-state index contributed by atoms with van der Waals surface area (Å²) < 4.78 is 1.21. The highest BCUT2D eigenvalue weighted by Gasteiger charge is 2.22. The number of carboxylic acid groups (broad SMARTS) is 1. The number of aliphatic carboxylic acids is 1. The molecule has 0 aliphatic carbocycles. The standard InChI is InChI=1S/C15H16N4O5/c1-2-5-11(15(21)22)16-14(20)10-8-9-18(17-10)12-6-3-4-7-13(12)19(23)24/h3-4,6-9,11H,2,5H2,1H3,(H,16,20)(H,21,22). The van der Waals surface area contributed by atoms with E-state index in [0.29, 0.717) is 12.8 Å². The predicted octanol–water partition coefficient (Wildman–Crippen LogP) is 1.76. The summed E-state index contributed by atoms with van der Waals surface area (Å²) in [7, 11) is 0. The largest absolute Gasteiger partial charge is 0.480 e. The summed E-state index contributed by atoms with van der Waals surface area (Å²) in [4.78, 5) is 33.7. The van der Waals surface area contributed by atoms with E-state index in [1.165, 1.54) is 35.1 Å². The molecule has 1 amide bonds. The number of nitrogens with one attached hydrogen (secondary N) is 1. The maximum atomic E-state index is 12.1. The Labute approximate surface area is 137 Å². The van der Waals surface area contributed by atoms with Crippen molar-refractivity contribution in [2.24, 2.45) is 0 Å². The number of carbonyl (C=O) groups excluding carboxylic acids is 1. The van der Waals surface area contributed by atoms with E-state index in [0.717, 1.165) is 0 Å². The molecule has 126 valence electrons. The summed E-state index contributed by atoms with van der Waals surface area (Å²) in [5.41, 5.74) is 0.0438. The number of carboxylic acids is 1. The van der Waals surface area contributed by atoms with Crippen LogP contribution in [0.3, 0.4) is 0 Å². The highest BCUT2D eigenvalue weighted by molar-refractivity contribution is 5.94. The molecule has 0 fully saturated rings. The number of carbonyl (C=O) groups is 2. The van der Waals surface area contributed by atoms with Crippen molar-refractivity contribution in [1.82, 2.24) is 15.1 Å². The fourth-order valence-corrected chi connectivity index (χ4v) is 2.17. The third-order valence-electron chi connectivity index (χ3n) is 3.33. The van der Waals surface area contributed by atoms with Gasteiger partial charge >= 0.3 is 5.97 Å². The highest BCUT2D eigenvalue weighted by Crippen LogP contribution is 2.21. The van der Waals surface area contributed by atoms with E-state index in [1.54, 1.807) is 6.07 Å².